The summed E-state index contributed by atoms with van der Waals surface area (Å²) in [6.07, 6.45) is 0.692. The summed E-state index contributed by atoms with van der Waals surface area (Å²) in [7, 11) is 2.96. The Balaban J connectivity index is 3.06. The van der Waals surface area contributed by atoms with Crippen molar-refractivity contribution in [1.82, 2.24) is 9.55 Å². The third-order valence-electron chi connectivity index (χ3n) is 1.79. The average Bonchev–Trinajstić information content (AvgIpc) is 2.46. The van der Waals surface area contributed by atoms with Gasteiger partial charge in [0.2, 0.25) is 0 Å². The third kappa shape index (κ3) is 1.70. The summed E-state index contributed by atoms with van der Waals surface area (Å²) in [5.41, 5.74) is 0.332. The van der Waals surface area contributed by atoms with Crippen molar-refractivity contribution in [3.63, 3.8) is 0 Å². The molecular weight excluding hydrogens is 172 g/mol. The van der Waals surface area contributed by atoms with Crippen molar-refractivity contribution in [2.75, 3.05) is 7.11 Å². The van der Waals surface area contributed by atoms with Crippen LogP contribution in [0.4, 0.5) is 0 Å². The maximum atomic E-state index is 11.1. The van der Waals surface area contributed by atoms with Gasteiger partial charge < -0.3 is 14.4 Å². The Bertz CT molecular complexity index is 317. The highest BCUT2D eigenvalue weighted by Gasteiger charge is 2.16. The highest BCUT2D eigenvalue weighted by molar-refractivity contribution is 5.87. The van der Waals surface area contributed by atoms with Crippen molar-refractivity contribution in [3.05, 3.63) is 17.7 Å². The van der Waals surface area contributed by atoms with Crippen LogP contribution < -0.4 is 0 Å². The zero-order valence-corrected chi connectivity index (χ0v) is 7.81. The predicted molar refractivity (Wildman–Crippen MR) is 45.2 cm³/mol. The molecule has 0 amide bonds. The van der Waals surface area contributed by atoms with Gasteiger partial charge in [0.15, 0.2) is 0 Å². The van der Waals surface area contributed by atoms with Crippen LogP contribution in [-0.2, 0) is 11.8 Å². The first-order valence-electron chi connectivity index (χ1n) is 3.86. The monoisotopic (exact) mass is 184 g/mol. The number of aromatic nitrogens is 2. The standard InChI is InChI=1S/C8H12N2O3/c1-5(11)7-9-4-6(10(7)2)8(12)13-3/h4-5,11H,1-3H3. The van der Waals surface area contributed by atoms with Crippen molar-refractivity contribution in [1.29, 1.82) is 0 Å². The largest absolute Gasteiger partial charge is 0.464 e. The van der Waals surface area contributed by atoms with E-state index in [2.05, 4.69) is 9.72 Å². The fourth-order valence-corrected chi connectivity index (χ4v) is 1.11. The second-order valence-electron chi connectivity index (χ2n) is 2.73. The second kappa shape index (κ2) is 3.57. The van der Waals surface area contributed by atoms with Crippen LogP contribution in [0.15, 0.2) is 6.20 Å². The normalized spacial score (nSPS) is 12.6. The lowest BCUT2D eigenvalue weighted by Crippen LogP contribution is -2.10. The fourth-order valence-electron chi connectivity index (χ4n) is 1.11. The molecule has 0 aliphatic rings. The molecule has 1 unspecified atom stereocenters. The highest BCUT2D eigenvalue weighted by atomic mass is 16.5. The molecule has 0 aromatic carbocycles. The van der Waals surface area contributed by atoms with Gasteiger partial charge in [0.1, 0.15) is 17.6 Å². The molecule has 0 aliphatic heterocycles. The van der Waals surface area contributed by atoms with Gasteiger partial charge in [0.05, 0.1) is 13.3 Å². The molecule has 0 bridgehead atoms. The molecule has 1 rings (SSSR count). The maximum Gasteiger partial charge on any atom is 0.356 e. The number of hydrogen-bond acceptors (Lipinski definition) is 4. The number of aliphatic hydroxyl groups excluding tert-OH is 1. The maximum absolute atomic E-state index is 11.1. The SMILES string of the molecule is COC(=O)c1cnc(C(C)O)n1C. The van der Waals surface area contributed by atoms with Crippen LogP contribution in [0.5, 0.6) is 0 Å². The van der Waals surface area contributed by atoms with Crippen molar-refractivity contribution >= 4 is 5.97 Å². The molecular formula is C8H12N2O3. The van der Waals surface area contributed by atoms with E-state index < -0.39 is 12.1 Å². The number of esters is 1. The number of nitrogens with zero attached hydrogens (tertiary/aromatic N) is 2. The van der Waals surface area contributed by atoms with Crippen LogP contribution >= 0.6 is 0 Å². The number of aliphatic hydroxyl groups is 1. The fraction of sp³-hybridized carbons (Fsp3) is 0.500. The minimum atomic E-state index is -0.691. The number of hydrogen-bond donors (Lipinski definition) is 1. The summed E-state index contributed by atoms with van der Waals surface area (Å²) in [6, 6.07) is 0. The molecule has 1 aromatic heterocycles. The number of carbonyl (C=O) groups excluding carboxylic acids is 1. The Morgan fingerprint density at radius 1 is 1.77 bits per heavy atom. The van der Waals surface area contributed by atoms with E-state index in [1.54, 1.807) is 14.0 Å². The van der Waals surface area contributed by atoms with Gasteiger partial charge in [0.25, 0.3) is 0 Å². The lowest BCUT2D eigenvalue weighted by atomic mass is 10.4. The van der Waals surface area contributed by atoms with Gasteiger partial charge >= 0.3 is 5.97 Å². The quantitative estimate of drug-likeness (QED) is 0.669. The zero-order chi connectivity index (χ0) is 10.0. The Hall–Kier alpha value is -1.36. The summed E-state index contributed by atoms with van der Waals surface area (Å²) in [5.74, 6) is -0.0118. The van der Waals surface area contributed by atoms with E-state index in [-0.39, 0.29) is 0 Å². The Morgan fingerprint density at radius 3 is 2.77 bits per heavy atom. The molecule has 72 valence electrons. The van der Waals surface area contributed by atoms with E-state index in [0.29, 0.717) is 11.5 Å². The van der Waals surface area contributed by atoms with Crippen molar-refractivity contribution in [2.45, 2.75) is 13.0 Å². The average molecular weight is 184 g/mol. The van der Waals surface area contributed by atoms with Gasteiger partial charge in [0, 0.05) is 7.05 Å². The van der Waals surface area contributed by atoms with Crippen LogP contribution in [0, 0.1) is 0 Å². The second-order valence-corrected chi connectivity index (χ2v) is 2.73. The van der Waals surface area contributed by atoms with Crippen molar-refractivity contribution < 1.29 is 14.6 Å². The molecule has 0 spiro atoms. The summed E-state index contributed by atoms with van der Waals surface area (Å²) in [6.45, 7) is 1.59. The van der Waals surface area contributed by atoms with E-state index in [0.717, 1.165) is 0 Å². The molecule has 0 aliphatic carbocycles. The van der Waals surface area contributed by atoms with Crippen LogP contribution in [0.3, 0.4) is 0 Å². The molecule has 0 saturated heterocycles. The summed E-state index contributed by atoms with van der Waals surface area (Å²) in [4.78, 5) is 15.0. The van der Waals surface area contributed by atoms with Gasteiger partial charge in [-0.3, -0.25) is 0 Å². The molecule has 5 heteroatoms. The molecule has 0 saturated carbocycles. The van der Waals surface area contributed by atoms with Gasteiger partial charge in [-0.05, 0) is 6.92 Å². The first-order chi connectivity index (χ1) is 6.07. The molecule has 1 atom stereocenters. The molecule has 0 radical (unpaired) electrons. The lowest BCUT2D eigenvalue weighted by Gasteiger charge is -2.05. The predicted octanol–water partition coefficient (Wildman–Crippen LogP) is 0.260. The summed E-state index contributed by atoms with van der Waals surface area (Å²) in [5, 5.41) is 9.24. The van der Waals surface area contributed by atoms with E-state index >= 15 is 0 Å². The van der Waals surface area contributed by atoms with Crippen LogP contribution in [0.2, 0.25) is 0 Å². The third-order valence-corrected chi connectivity index (χ3v) is 1.79. The zero-order valence-electron chi connectivity index (χ0n) is 7.81. The van der Waals surface area contributed by atoms with E-state index in [1.165, 1.54) is 17.9 Å². The molecule has 13 heavy (non-hydrogen) atoms. The summed E-state index contributed by atoms with van der Waals surface area (Å²) >= 11 is 0. The Labute approximate surface area is 76.0 Å². The van der Waals surface area contributed by atoms with Gasteiger partial charge in [-0.2, -0.15) is 0 Å². The first kappa shape index (κ1) is 9.73. The number of ether oxygens (including phenoxy) is 1. The Morgan fingerprint density at radius 2 is 2.38 bits per heavy atom. The minimum absolute atomic E-state index is 0.332. The van der Waals surface area contributed by atoms with Crippen molar-refractivity contribution in [3.8, 4) is 0 Å². The molecule has 5 nitrogen and oxygen atoms in total. The van der Waals surface area contributed by atoms with E-state index in [1.807, 2.05) is 0 Å². The van der Waals surface area contributed by atoms with Crippen LogP contribution in [0.25, 0.3) is 0 Å². The first-order valence-corrected chi connectivity index (χ1v) is 3.86. The molecule has 0 fully saturated rings. The molecule has 1 N–H and O–H groups in total. The number of methoxy groups -OCH3 is 1. The van der Waals surface area contributed by atoms with E-state index in [4.69, 9.17) is 0 Å². The van der Waals surface area contributed by atoms with Gasteiger partial charge in [-0.1, -0.05) is 0 Å². The highest BCUT2D eigenvalue weighted by Crippen LogP contribution is 2.11. The van der Waals surface area contributed by atoms with Gasteiger partial charge in [-0.15, -0.1) is 0 Å². The van der Waals surface area contributed by atoms with Crippen LogP contribution in [0.1, 0.15) is 29.3 Å². The minimum Gasteiger partial charge on any atom is -0.464 e. The lowest BCUT2D eigenvalue weighted by molar-refractivity contribution is 0.0588. The van der Waals surface area contributed by atoms with Crippen molar-refractivity contribution in [2.24, 2.45) is 7.05 Å². The summed E-state index contributed by atoms with van der Waals surface area (Å²) < 4.78 is 6.04. The molecule has 1 aromatic rings. The van der Waals surface area contributed by atoms with Gasteiger partial charge in [-0.25, -0.2) is 9.78 Å². The number of imidazole rings is 1. The number of rotatable bonds is 2. The molecule has 1 heterocycles. The number of carbonyl (C=O) groups is 1. The van der Waals surface area contributed by atoms with E-state index in [9.17, 15) is 9.90 Å². The van der Waals surface area contributed by atoms with Crippen LogP contribution in [-0.4, -0.2) is 27.7 Å². The smallest absolute Gasteiger partial charge is 0.356 e. The Kier molecular flexibility index (Phi) is 2.67. The topological polar surface area (TPSA) is 64.3 Å².